The molecule has 0 aliphatic heterocycles. The van der Waals surface area contributed by atoms with Crippen LogP contribution < -0.4 is 10.1 Å². The highest BCUT2D eigenvalue weighted by Crippen LogP contribution is 2.26. The average Bonchev–Trinajstić information content (AvgIpc) is 2.87. The molecule has 19 heavy (non-hydrogen) atoms. The molecule has 0 unspecified atom stereocenters. The molecule has 1 N–H and O–H groups in total. The number of rotatable bonds is 6. The number of anilines is 1. The van der Waals surface area contributed by atoms with Crippen molar-refractivity contribution in [2.75, 3.05) is 32.7 Å². The van der Waals surface area contributed by atoms with Gasteiger partial charge in [0.1, 0.15) is 5.75 Å². The molecule has 1 heterocycles. The molecule has 1 aromatic carbocycles. The van der Waals surface area contributed by atoms with Gasteiger partial charge in [0.15, 0.2) is 0 Å². The molecule has 0 bridgehead atoms. The molecule has 0 radical (unpaired) electrons. The molecule has 0 amide bonds. The summed E-state index contributed by atoms with van der Waals surface area (Å²) in [5.74, 6) is 1.60. The van der Waals surface area contributed by atoms with Gasteiger partial charge in [-0.25, -0.2) is 4.98 Å². The first-order valence-corrected chi connectivity index (χ1v) is 6.17. The number of aryl methyl sites for hydroxylation is 1. The molecule has 0 aliphatic rings. The normalized spacial score (nSPS) is 10.5. The van der Waals surface area contributed by atoms with Crippen molar-refractivity contribution in [1.82, 2.24) is 9.55 Å². The minimum absolute atomic E-state index is 0.637. The van der Waals surface area contributed by atoms with Crippen molar-refractivity contribution in [3.8, 4) is 11.4 Å². The standard InChI is InChI=1S/C14H19N3O2/c1-11-4-5-13(19-3)12(10-11)17-8-6-15-14(17)16-7-9-18-2/h4-6,8,10H,7,9H2,1-3H3,(H,15,16). The Hall–Kier alpha value is -2.01. The highest BCUT2D eigenvalue weighted by molar-refractivity contribution is 5.53. The van der Waals surface area contributed by atoms with Crippen LogP contribution in [0.4, 0.5) is 5.95 Å². The minimum atomic E-state index is 0.637. The van der Waals surface area contributed by atoms with Crippen molar-refractivity contribution >= 4 is 5.95 Å². The monoisotopic (exact) mass is 261 g/mol. The lowest BCUT2D eigenvalue weighted by atomic mass is 10.2. The lowest BCUT2D eigenvalue weighted by Gasteiger charge is -2.13. The van der Waals surface area contributed by atoms with Gasteiger partial charge in [0, 0.05) is 26.0 Å². The van der Waals surface area contributed by atoms with Crippen LogP contribution in [0.5, 0.6) is 5.75 Å². The van der Waals surface area contributed by atoms with Gasteiger partial charge < -0.3 is 14.8 Å². The second-order valence-electron chi connectivity index (χ2n) is 4.22. The molecule has 0 aliphatic carbocycles. The Morgan fingerprint density at radius 3 is 2.89 bits per heavy atom. The van der Waals surface area contributed by atoms with Gasteiger partial charge >= 0.3 is 0 Å². The first-order chi connectivity index (χ1) is 9.26. The van der Waals surface area contributed by atoms with Gasteiger partial charge in [0.25, 0.3) is 0 Å². The van der Waals surface area contributed by atoms with Crippen molar-refractivity contribution in [2.45, 2.75) is 6.92 Å². The van der Waals surface area contributed by atoms with Gasteiger partial charge in [-0.05, 0) is 24.6 Å². The quantitative estimate of drug-likeness (QED) is 0.810. The third-order valence-corrected chi connectivity index (χ3v) is 2.82. The maximum Gasteiger partial charge on any atom is 0.207 e. The van der Waals surface area contributed by atoms with E-state index >= 15 is 0 Å². The van der Waals surface area contributed by atoms with Crippen LogP contribution in [0.25, 0.3) is 5.69 Å². The predicted octanol–water partition coefficient (Wildman–Crippen LogP) is 2.25. The third kappa shape index (κ3) is 3.06. The van der Waals surface area contributed by atoms with Crippen LogP contribution in [0.15, 0.2) is 30.6 Å². The molecule has 0 saturated heterocycles. The van der Waals surface area contributed by atoms with Crippen molar-refractivity contribution < 1.29 is 9.47 Å². The number of methoxy groups -OCH3 is 2. The first kappa shape index (κ1) is 13.4. The van der Waals surface area contributed by atoms with Crippen LogP contribution in [-0.4, -0.2) is 36.9 Å². The van der Waals surface area contributed by atoms with Crippen molar-refractivity contribution in [3.05, 3.63) is 36.2 Å². The summed E-state index contributed by atoms with van der Waals surface area (Å²) in [7, 11) is 3.35. The molecule has 5 nitrogen and oxygen atoms in total. The number of nitrogens with zero attached hydrogens (tertiary/aromatic N) is 2. The van der Waals surface area contributed by atoms with E-state index in [2.05, 4.69) is 23.3 Å². The summed E-state index contributed by atoms with van der Waals surface area (Å²) in [5.41, 5.74) is 2.15. The Labute approximate surface area is 113 Å². The van der Waals surface area contributed by atoms with E-state index in [4.69, 9.17) is 9.47 Å². The fourth-order valence-corrected chi connectivity index (χ4v) is 1.88. The van der Waals surface area contributed by atoms with Crippen LogP contribution in [0.1, 0.15) is 5.56 Å². The second-order valence-corrected chi connectivity index (χ2v) is 4.22. The lowest BCUT2D eigenvalue weighted by molar-refractivity contribution is 0.210. The molecule has 1 aromatic heterocycles. The molecular formula is C14H19N3O2. The molecule has 0 atom stereocenters. The summed E-state index contributed by atoms with van der Waals surface area (Å²) < 4.78 is 12.4. The smallest absolute Gasteiger partial charge is 0.207 e. The van der Waals surface area contributed by atoms with Gasteiger partial charge in [-0.1, -0.05) is 6.07 Å². The van der Waals surface area contributed by atoms with Gasteiger partial charge in [-0.2, -0.15) is 0 Å². The number of ether oxygens (including phenoxy) is 2. The fraction of sp³-hybridized carbons (Fsp3) is 0.357. The zero-order valence-electron chi connectivity index (χ0n) is 11.5. The Balaban J connectivity index is 2.31. The van der Waals surface area contributed by atoms with E-state index in [1.165, 1.54) is 5.56 Å². The molecule has 5 heteroatoms. The van der Waals surface area contributed by atoms with E-state index in [1.807, 2.05) is 22.9 Å². The largest absolute Gasteiger partial charge is 0.495 e. The van der Waals surface area contributed by atoms with Crippen molar-refractivity contribution in [2.24, 2.45) is 0 Å². The van der Waals surface area contributed by atoms with E-state index in [1.54, 1.807) is 20.4 Å². The highest BCUT2D eigenvalue weighted by Gasteiger charge is 2.09. The molecule has 0 saturated carbocycles. The Bertz CT molecular complexity index is 537. The summed E-state index contributed by atoms with van der Waals surface area (Å²) in [6.07, 6.45) is 3.67. The van der Waals surface area contributed by atoms with Crippen LogP contribution in [-0.2, 0) is 4.74 Å². The van der Waals surface area contributed by atoms with Gasteiger partial charge in [-0.15, -0.1) is 0 Å². The van der Waals surface area contributed by atoms with Crippen LogP contribution in [0.3, 0.4) is 0 Å². The summed E-state index contributed by atoms with van der Waals surface area (Å²) in [6, 6.07) is 6.06. The predicted molar refractivity (Wildman–Crippen MR) is 75.2 cm³/mol. The van der Waals surface area contributed by atoms with E-state index in [9.17, 15) is 0 Å². The third-order valence-electron chi connectivity index (χ3n) is 2.82. The van der Waals surface area contributed by atoms with Crippen LogP contribution in [0.2, 0.25) is 0 Å². The van der Waals surface area contributed by atoms with Crippen LogP contribution in [0, 0.1) is 6.92 Å². The van der Waals surface area contributed by atoms with Gasteiger partial charge in [0.05, 0.1) is 19.4 Å². The fourth-order valence-electron chi connectivity index (χ4n) is 1.88. The summed E-state index contributed by atoms with van der Waals surface area (Å²) in [6.45, 7) is 3.40. The van der Waals surface area contributed by atoms with Crippen LogP contribution >= 0.6 is 0 Å². The number of hydrogen-bond acceptors (Lipinski definition) is 4. The van der Waals surface area contributed by atoms with E-state index in [0.29, 0.717) is 13.2 Å². The lowest BCUT2D eigenvalue weighted by Crippen LogP contribution is -2.12. The Morgan fingerprint density at radius 2 is 2.16 bits per heavy atom. The Kier molecular flexibility index (Phi) is 4.41. The maximum absolute atomic E-state index is 5.40. The van der Waals surface area contributed by atoms with Gasteiger partial charge in [-0.3, -0.25) is 4.57 Å². The number of imidazole rings is 1. The summed E-state index contributed by atoms with van der Waals surface area (Å²) >= 11 is 0. The number of benzene rings is 1. The topological polar surface area (TPSA) is 48.3 Å². The summed E-state index contributed by atoms with van der Waals surface area (Å²) in [4.78, 5) is 4.31. The average molecular weight is 261 g/mol. The maximum atomic E-state index is 5.40. The molecule has 2 rings (SSSR count). The van der Waals surface area contributed by atoms with Crippen molar-refractivity contribution in [3.63, 3.8) is 0 Å². The summed E-state index contributed by atoms with van der Waals surface area (Å²) in [5, 5.41) is 3.23. The molecule has 102 valence electrons. The zero-order chi connectivity index (χ0) is 13.7. The molecule has 0 spiro atoms. The van der Waals surface area contributed by atoms with E-state index < -0.39 is 0 Å². The molecule has 0 fully saturated rings. The zero-order valence-corrected chi connectivity index (χ0v) is 11.5. The number of hydrogen-bond donors (Lipinski definition) is 1. The first-order valence-electron chi connectivity index (χ1n) is 6.17. The number of nitrogens with one attached hydrogen (secondary N) is 1. The second kappa shape index (κ2) is 6.24. The SMILES string of the molecule is COCCNc1nccn1-c1cc(C)ccc1OC. The van der Waals surface area contributed by atoms with E-state index in [0.717, 1.165) is 17.4 Å². The minimum Gasteiger partial charge on any atom is -0.495 e. The van der Waals surface area contributed by atoms with Gasteiger partial charge in [0.2, 0.25) is 5.95 Å². The Morgan fingerprint density at radius 1 is 1.32 bits per heavy atom. The highest BCUT2D eigenvalue weighted by atomic mass is 16.5. The van der Waals surface area contributed by atoms with E-state index in [-0.39, 0.29) is 0 Å². The molecular weight excluding hydrogens is 242 g/mol. The number of aromatic nitrogens is 2. The van der Waals surface area contributed by atoms with Crippen molar-refractivity contribution in [1.29, 1.82) is 0 Å². The molecule has 2 aromatic rings.